The van der Waals surface area contributed by atoms with E-state index in [2.05, 4.69) is 5.32 Å². The fraction of sp³-hybridized carbons (Fsp3) is 0.130. The van der Waals surface area contributed by atoms with Crippen LogP contribution in [-0.2, 0) is 9.59 Å². The Balaban J connectivity index is 1.57. The van der Waals surface area contributed by atoms with Crippen LogP contribution in [0.2, 0.25) is 0 Å². The molecule has 1 heterocycles. The molecule has 140 valence electrons. The molecule has 0 unspecified atom stereocenters. The predicted molar refractivity (Wildman–Crippen MR) is 109 cm³/mol. The number of nitrogens with zero attached hydrogens (tertiary/aromatic N) is 1. The summed E-state index contributed by atoms with van der Waals surface area (Å²) >= 11 is 0. The van der Waals surface area contributed by atoms with E-state index >= 15 is 0 Å². The van der Waals surface area contributed by atoms with Crippen molar-refractivity contribution < 1.29 is 14.3 Å². The summed E-state index contributed by atoms with van der Waals surface area (Å²) in [5, 5.41) is 2.95. The molecule has 0 radical (unpaired) electrons. The van der Waals surface area contributed by atoms with Gasteiger partial charge in [-0.3, -0.25) is 14.5 Å². The number of hydrogen-bond donors (Lipinski definition) is 1. The fourth-order valence-electron chi connectivity index (χ4n) is 3.29. The van der Waals surface area contributed by atoms with Crippen LogP contribution in [-0.4, -0.2) is 25.0 Å². The topological polar surface area (TPSA) is 58.6 Å². The van der Waals surface area contributed by atoms with Gasteiger partial charge in [0.05, 0.1) is 18.7 Å². The Morgan fingerprint density at radius 1 is 0.929 bits per heavy atom. The molecule has 1 N–H and O–H groups in total. The van der Waals surface area contributed by atoms with E-state index in [0.29, 0.717) is 23.7 Å². The van der Waals surface area contributed by atoms with Crippen molar-refractivity contribution in [2.75, 3.05) is 23.4 Å². The van der Waals surface area contributed by atoms with Gasteiger partial charge >= 0.3 is 0 Å². The van der Waals surface area contributed by atoms with Crippen LogP contribution < -0.4 is 15.0 Å². The van der Waals surface area contributed by atoms with Crippen molar-refractivity contribution in [3.63, 3.8) is 0 Å². The monoisotopic (exact) mass is 372 g/mol. The smallest absolute Gasteiger partial charge is 0.244 e. The maximum absolute atomic E-state index is 12.8. The van der Waals surface area contributed by atoms with Crippen LogP contribution in [0.25, 0.3) is 11.1 Å². The highest BCUT2D eigenvalue weighted by Gasteiger charge is 2.25. The number of hydrogen-bond acceptors (Lipinski definition) is 3. The van der Waals surface area contributed by atoms with Crippen LogP contribution in [0.5, 0.6) is 5.75 Å². The van der Waals surface area contributed by atoms with E-state index in [1.165, 1.54) is 4.90 Å². The number of para-hydroxylation sites is 3. The zero-order valence-electron chi connectivity index (χ0n) is 15.3. The van der Waals surface area contributed by atoms with E-state index in [1.54, 1.807) is 6.07 Å². The number of benzene rings is 3. The minimum Gasteiger partial charge on any atom is -0.491 e. The number of rotatable bonds is 4. The number of amides is 2. The first-order valence-electron chi connectivity index (χ1n) is 9.19. The van der Waals surface area contributed by atoms with Gasteiger partial charge in [0.1, 0.15) is 12.3 Å². The van der Waals surface area contributed by atoms with E-state index in [1.807, 2.05) is 72.8 Å². The Labute approximate surface area is 163 Å². The van der Waals surface area contributed by atoms with E-state index in [4.69, 9.17) is 4.74 Å². The lowest BCUT2D eigenvalue weighted by Crippen LogP contribution is -2.37. The maximum atomic E-state index is 12.8. The molecule has 0 fully saturated rings. The predicted octanol–water partition coefficient (Wildman–Crippen LogP) is 4.11. The van der Waals surface area contributed by atoms with Crippen LogP contribution in [0.4, 0.5) is 11.4 Å². The first-order valence-corrected chi connectivity index (χ1v) is 9.19. The van der Waals surface area contributed by atoms with Crippen molar-refractivity contribution in [2.24, 2.45) is 0 Å². The van der Waals surface area contributed by atoms with Crippen molar-refractivity contribution >= 4 is 23.2 Å². The van der Waals surface area contributed by atoms with Gasteiger partial charge in [0, 0.05) is 11.3 Å². The summed E-state index contributed by atoms with van der Waals surface area (Å²) in [5.41, 5.74) is 3.28. The third-order valence-corrected chi connectivity index (χ3v) is 4.62. The van der Waals surface area contributed by atoms with Gasteiger partial charge in [-0.15, -0.1) is 0 Å². The van der Waals surface area contributed by atoms with Gasteiger partial charge in [-0.25, -0.2) is 0 Å². The van der Waals surface area contributed by atoms with Crippen LogP contribution in [0.15, 0.2) is 78.9 Å². The lowest BCUT2D eigenvalue weighted by Gasteiger charge is -2.21. The summed E-state index contributed by atoms with van der Waals surface area (Å²) in [5.74, 6) is 0.232. The second-order valence-electron chi connectivity index (χ2n) is 6.51. The molecule has 5 heteroatoms. The number of carbonyl (C=O) groups excluding carboxylic acids is 2. The highest BCUT2D eigenvalue weighted by molar-refractivity contribution is 6.05. The number of anilines is 2. The number of ether oxygens (including phenoxy) is 1. The Bertz CT molecular complexity index is 1000. The highest BCUT2D eigenvalue weighted by atomic mass is 16.5. The van der Waals surface area contributed by atoms with Crippen molar-refractivity contribution in [2.45, 2.75) is 6.42 Å². The van der Waals surface area contributed by atoms with E-state index < -0.39 is 0 Å². The molecule has 0 saturated carbocycles. The average Bonchev–Trinajstić information content (AvgIpc) is 2.88. The molecule has 0 aliphatic carbocycles. The fourth-order valence-corrected chi connectivity index (χ4v) is 3.29. The molecule has 0 saturated heterocycles. The second-order valence-corrected chi connectivity index (χ2v) is 6.51. The minimum absolute atomic E-state index is 0.0671. The zero-order valence-corrected chi connectivity index (χ0v) is 15.3. The average molecular weight is 372 g/mol. The van der Waals surface area contributed by atoms with Gasteiger partial charge in [-0.05, 0) is 23.8 Å². The van der Waals surface area contributed by atoms with Gasteiger partial charge in [0.25, 0.3) is 0 Å². The summed E-state index contributed by atoms with van der Waals surface area (Å²) < 4.78 is 5.63. The Morgan fingerprint density at radius 2 is 1.64 bits per heavy atom. The minimum atomic E-state index is -0.256. The van der Waals surface area contributed by atoms with Crippen LogP contribution >= 0.6 is 0 Å². The van der Waals surface area contributed by atoms with Crippen LogP contribution in [0, 0.1) is 0 Å². The zero-order chi connectivity index (χ0) is 19.3. The van der Waals surface area contributed by atoms with E-state index in [9.17, 15) is 9.59 Å². The summed E-state index contributed by atoms with van der Waals surface area (Å²) in [6.45, 7) is 0.243. The second kappa shape index (κ2) is 7.96. The maximum Gasteiger partial charge on any atom is 0.244 e. The Kier molecular flexibility index (Phi) is 5.06. The van der Waals surface area contributed by atoms with Crippen molar-refractivity contribution in [3.8, 4) is 16.9 Å². The lowest BCUT2D eigenvalue weighted by molar-refractivity contribution is -0.121. The molecule has 28 heavy (non-hydrogen) atoms. The van der Waals surface area contributed by atoms with Crippen LogP contribution in [0.3, 0.4) is 0 Å². The normalized spacial score (nSPS) is 13.3. The quantitative estimate of drug-likeness (QED) is 0.750. The molecule has 0 atom stereocenters. The molecule has 4 rings (SSSR count). The third kappa shape index (κ3) is 3.74. The molecular weight excluding hydrogens is 352 g/mol. The van der Waals surface area contributed by atoms with Crippen molar-refractivity contribution in [1.29, 1.82) is 0 Å². The summed E-state index contributed by atoms with van der Waals surface area (Å²) in [7, 11) is 0. The first kappa shape index (κ1) is 17.8. The van der Waals surface area contributed by atoms with Crippen molar-refractivity contribution in [3.05, 3.63) is 78.9 Å². The first-order chi connectivity index (χ1) is 13.7. The van der Waals surface area contributed by atoms with Crippen molar-refractivity contribution in [1.82, 2.24) is 0 Å². The Morgan fingerprint density at radius 3 is 2.50 bits per heavy atom. The number of fused-ring (bicyclic) bond motifs is 1. The van der Waals surface area contributed by atoms with E-state index in [-0.39, 0.29) is 24.8 Å². The van der Waals surface area contributed by atoms with Gasteiger partial charge in [0.15, 0.2) is 0 Å². The van der Waals surface area contributed by atoms with Gasteiger partial charge in [-0.1, -0.05) is 60.7 Å². The van der Waals surface area contributed by atoms with Gasteiger partial charge < -0.3 is 10.1 Å². The summed E-state index contributed by atoms with van der Waals surface area (Å²) in [6, 6.07) is 24.8. The van der Waals surface area contributed by atoms with E-state index in [0.717, 1.165) is 11.1 Å². The molecular formula is C23H20N2O3. The Hall–Kier alpha value is -3.60. The molecule has 3 aromatic rings. The largest absolute Gasteiger partial charge is 0.491 e. The summed E-state index contributed by atoms with van der Waals surface area (Å²) in [4.78, 5) is 26.8. The molecule has 0 spiro atoms. The van der Waals surface area contributed by atoms with Gasteiger partial charge in [-0.2, -0.15) is 0 Å². The summed E-state index contributed by atoms with van der Waals surface area (Å²) in [6.07, 6.45) is 0.239. The molecule has 5 nitrogen and oxygen atoms in total. The number of carbonyl (C=O) groups is 2. The molecule has 0 aromatic heterocycles. The standard InChI is InChI=1S/C23H20N2O3/c26-22(16-25-20-12-6-7-13-21(20)28-15-14-23(25)27)24-19-11-5-4-10-18(19)17-8-2-1-3-9-17/h1-13H,14-16H2,(H,24,26). The molecule has 2 amide bonds. The van der Waals surface area contributed by atoms with Crippen LogP contribution in [0.1, 0.15) is 6.42 Å². The molecule has 1 aliphatic heterocycles. The molecule has 3 aromatic carbocycles. The SMILES string of the molecule is O=C(CN1C(=O)CCOc2ccccc21)Nc1ccccc1-c1ccccc1. The lowest BCUT2D eigenvalue weighted by atomic mass is 10.0. The highest BCUT2D eigenvalue weighted by Crippen LogP contribution is 2.31. The molecule has 0 bridgehead atoms. The third-order valence-electron chi connectivity index (χ3n) is 4.62. The molecule has 1 aliphatic rings. The van der Waals surface area contributed by atoms with Gasteiger partial charge in [0.2, 0.25) is 11.8 Å². The number of nitrogens with one attached hydrogen (secondary N) is 1.